The van der Waals surface area contributed by atoms with Crippen molar-refractivity contribution in [3.8, 4) is 0 Å². The summed E-state index contributed by atoms with van der Waals surface area (Å²) >= 11 is 3.34. The lowest BCUT2D eigenvalue weighted by molar-refractivity contribution is 0.130. The number of halogens is 1. The van der Waals surface area contributed by atoms with Crippen molar-refractivity contribution in [1.29, 1.82) is 0 Å². The molecule has 1 N–H and O–H groups in total. The third-order valence-corrected chi connectivity index (χ3v) is 4.64. The second kappa shape index (κ2) is 6.52. The summed E-state index contributed by atoms with van der Waals surface area (Å²) in [7, 11) is -1.03. The van der Waals surface area contributed by atoms with E-state index in [0.717, 1.165) is 4.90 Å². The van der Waals surface area contributed by atoms with Crippen molar-refractivity contribution in [3.05, 3.63) is 30.3 Å². The third-order valence-electron chi connectivity index (χ3n) is 2.47. The number of aliphatic hydroxyl groups is 1. The molecule has 0 saturated carbocycles. The molecule has 90 valence electrons. The standard InChI is InChI=1S/C12H17BrO2S/c1-9(12(14)10(2)13)8-16(15)11-6-4-3-5-7-11/h3-7,9-10,12,14H,8H2,1-2H3/t9-,10-,12-,16+/m1/s1. The van der Waals surface area contributed by atoms with E-state index in [9.17, 15) is 9.32 Å². The molecule has 0 aliphatic heterocycles. The van der Waals surface area contributed by atoms with Gasteiger partial charge in [-0.15, -0.1) is 0 Å². The van der Waals surface area contributed by atoms with Crippen LogP contribution >= 0.6 is 15.9 Å². The van der Waals surface area contributed by atoms with Gasteiger partial charge in [-0.1, -0.05) is 48.0 Å². The first-order chi connectivity index (χ1) is 7.52. The molecule has 0 saturated heterocycles. The summed E-state index contributed by atoms with van der Waals surface area (Å²) in [6.45, 7) is 3.82. The van der Waals surface area contributed by atoms with Crippen LogP contribution in [0.3, 0.4) is 0 Å². The SMILES string of the molecule is C[C@H](C[S@](=O)c1ccccc1)[C@@H](O)[C@@H](C)Br. The molecule has 1 rings (SSSR count). The Morgan fingerprint density at radius 2 is 1.88 bits per heavy atom. The van der Waals surface area contributed by atoms with Crippen LogP contribution in [-0.2, 0) is 10.8 Å². The summed E-state index contributed by atoms with van der Waals surface area (Å²) in [4.78, 5) is 0.846. The van der Waals surface area contributed by atoms with Gasteiger partial charge in [0.2, 0.25) is 0 Å². The van der Waals surface area contributed by atoms with Gasteiger partial charge in [-0.05, 0) is 18.1 Å². The van der Waals surface area contributed by atoms with Crippen LogP contribution in [0, 0.1) is 5.92 Å². The minimum absolute atomic E-state index is 0.00964. The molecule has 0 aliphatic carbocycles. The summed E-state index contributed by atoms with van der Waals surface area (Å²) in [5, 5.41) is 9.81. The first-order valence-electron chi connectivity index (χ1n) is 5.28. The van der Waals surface area contributed by atoms with Gasteiger partial charge >= 0.3 is 0 Å². The number of benzene rings is 1. The van der Waals surface area contributed by atoms with Gasteiger partial charge in [-0.25, -0.2) is 0 Å². The Balaban J connectivity index is 2.59. The van der Waals surface area contributed by atoms with Gasteiger partial charge in [0.1, 0.15) is 0 Å². The predicted octanol–water partition coefficient (Wildman–Crippen LogP) is 2.57. The molecule has 1 aromatic carbocycles. The normalized spacial score (nSPS) is 18.8. The maximum atomic E-state index is 12.0. The number of alkyl halides is 1. The van der Waals surface area contributed by atoms with Crippen molar-refractivity contribution in [1.82, 2.24) is 0 Å². The Kier molecular flexibility index (Phi) is 5.66. The van der Waals surface area contributed by atoms with E-state index < -0.39 is 16.9 Å². The van der Waals surface area contributed by atoms with Crippen LogP contribution in [0.4, 0.5) is 0 Å². The zero-order chi connectivity index (χ0) is 12.1. The minimum Gasteiger partial charge on any atom is -0.392 e. The summed E-state index contributed by atoms with van der Waals surface area (Å²) < 4.78 is 12.0. The van der Waals surface area contributed by atoms with E-state index in [0.29, 0.717) is 5.75 Å². The Hall–Kier alpha value is -0.190. The number of hydrogen-bond acceptors (Lipinski definition) is 2. The van der Waals surface area contributed by atoms with Crippen LogP contribution in [0.5, 0.6) is 0 Å². The number of hydrogen-bond donors (Lipinski definition) is 1. The van der Waals surface area contributed by atoms with Crippen molar-refractivity contribution in [2.75, 3.05) is 5.75 Å². The summed E-state index contributed by atoms with van der Waals surface area (Å²) in [5.74, 6) is 0.497. The molecule has 0 amide bonds. The second-order valence-corrected chi connectivity index (χ2v) is 6.91. The van der Waals surface area contributed by atoms with Gasteiger partial charge in [0, 0.05) is 15.5 Å². The zero-order valence-electron chi connectivity index (χ0n) is 9.47. The number of aliphatic hydroxyl groups excluding tert-OH is 1. The number of rotatable bonds is 5. The highest BCUT2D eigenvalue weighted by Crippen LogP contribution is 2.17. The Bertz CT molecular complexity index is 340. The fraction of sp³-hybridized carbons (Fsp3) is 0.500. The zero-order valence-corrected chi connectivity index (χ0v) is 11.9. The lowest BCUT2D eigenvalue weighted by Crippen LogP contribution is -2.29. The van der Waals surface area contributed by atoms with E-state index in [4.69, 9.17) is 0 Å². The minimum atomic E-state index is -1.03. The average molecular weight is 305 g/mol. The molecule has 4 heteroatoms. The van der Waals surface area contributed by atoms with Crippen LogP contribution < -0.4 is 0 Å². The topological polar surface area (TPSA) is 37.3 Å². The first kappa shape index (κ1) is 13.9. The van der Waals surface area contributed by atoms with Crippen LogP contribution in [0.1, 0.15) is 13.8 Å². The summed E-state index contributed by atoms with van der Waals surface area (Å²) in [6.07, 6.45) is -0.465. The average Bonchev–Trinajstić information content (AvgIpc) is 2.28. The molecule has 0 bridgehead atoms. The lowest BCUT2D eigenvalue weighted by Gasteiger charge is -2.20. The molecule has 0 radical (unpaired) electrons. The Labute approximate surface area is 108 Å². The Morgan fingerprint density at radius 3 is 2.38 bits per heavy atom. The van der Waals surface area contributed by atoms with E-state index in [-0.39, 0.29) is 10.7 Å². The van der Waals surface area contributed by atoms with Crippen molar-refractivity contribution < 1.29 is 9.32 Å². The molecule has 0 heterocycles. The fourth-order valence-corrected chi connectivity index (χ4v) is 3.31. The van der Waals surface area contributed by atoms with Gasteiger partial charge in [-0.3, -0.25) is 4.21 Å². The molecular weight excluding hydrogens is 288 g/mol. The first-order valence-corrected chi connectivity index (χ1v) is 7.51. The predicted molar refractivity (Wildman–Crippen MR) is 71.3 cm³/mol. The van der Waals surface area contributed by atoms with Crippen molar-refractivity contribution in [3.63, 3.8) is 0 Å². The molecule has 4 atom stereocenters. The van der Waals surface area contributed by atoms with Crippen LogP contribution in [0.2, 0.25) is 0 Å². The van der Waals surface area contributed by atoms with Gasteiger partial charge < -0.3 is 5.11 Å². The van der Waals surface area contributed by atoms with Gasteiger partial charge in [0.25, 0.3) is 0 Å². The third kappa shape index (κ3) is 4.00. The smallest absolute Gasteiger partial charge is 0.0696 e. The van der Waals surface area contributed by atoms with Crippen LogP contribution in [0.15, 0.2) is 35.2 Å². The molecule has 2 nitrogen and oxygen atoms in total. The highest BCUT2D eigenvalue weighted by Gasteiger charge is 2.21. The van der Waals surface area contributed by atoms with Crippen molar-refractivity contribution in [2.45, 2.75) is 29.7 Å². The molecule has 0 fully saturated rings. The second-order valence-electron chi connectivity index (χ2n) is 3.97. The molecule has 1 aromatic rings. The maximum absolute atomic E-state index is 12.0. The van der Waals surface area contributed by atoms with Gasteiger partial charge in [-0.2, -0.15) is 0 Å². The van der Waals surface area contributed by atoms with Crippen molar-refractivity contribution >= 4 is 26.7 Å². The Morgan fingerprint density at radius 1 is 1.31 bits per heavy atom. The molecule has 16 heavy (non-hydrogen) atoms. The fourth-order valence-electron chi connectivity index (χ4n) is 1.46. The molecule has 0 spiro atoms. The van der Waals surface area contributed by atoms with Gasteiger partial charge in [0.15, 0.2) is 0 Å². The van der Waals surface area contributed by atoms with Gasteiger partial charge in [0.05, 0.1) is 16.9 Å². The van der Waals surface area contributed by atoms with E-state index >= 15 is 0 Å². The quantitative estimate of drug-likeness (QED) is 0.849. The summed E-state index contributed by atoms with van der Waals surface area (Å²) in [6, 6.07) is 9.36. The molecule has 0 aliphatic rings. The molecule has 0 aromatic heterocycles. The van der Waals surface area contributed by atoms with Crippen molar-refractivity contribution in [2.24, 2.45) is 5.92 Å². The highest BCUT2D eigenvalue weighted by molar-refractivity contribution is 9.09. The monoisotopic (exact) mass is 304 g/mol. The van der Waals surface area contributed by atoms with E-state index in [1.54, 1.807) is 0 Å². The molecule has 0 unspecified atom stereocenters. The van der Waals surface area contributed by atoms with Crippen LogP contribution in [-0.4, -0.2) is 26.0 Å². The molecular formula is C12H17BrO2S. The highest BCUT2D eigenvalue weighted by atomic mass is 79.9. The summed E-state index contributed by atoms with van der Waals surface area (Å²) in [5.41, 5.74) is 0. The van der Waals surface area contributed by atoms with Crippen LogP contribution in [0.25, 0.3) is 0 Å². The largest absolute Gasteiger partial charge is 0.392 e. The van der Waals surface area contributed by atoms with E-state index in [1.165, 1.54) is 0 Å². The van der Waals surface area contributed by atoms with E-state index in [1.807, 2.05) is 44.2 Å². The lowest BCUT2D eigenvalue weighted by atomic mass is 10.1. The van der Waals surface area contributed by atoms with E-state index in [2.05, 4.69) is 15.9 Å². The maximum Gasteiger partial charge on any atom is 0.0696 e.